The number of carbonyl (C=O) groups excluding carboxylic acids is 4. The number of carbonyl (C=O) groups is 4. The van der Waals surface area contributed by atoms with Crippen molar-refractivity contribution >= 4 is 23.9 Å². The standard InChI is InChI=1S/C28H43NO8/c1-16(2)11-25(30)36-23-10-9-21(14-24(23)37-26(31)12-17(3)4)13-22(29)28(33)34-15-19(7)35-27(32)20(8)18(5)6/h9-10,14,16-20,22H,11-13,15,29H2,1-8H3/t19-,20?,22-/m0/s1. The maximum absolute atomic E-state index is 12.4. The van der Waals surface area contributed by atoms with Gasteiger partial charge in [-0.2, -0.15) is 0 Å². The Labute approximate surface area is 220 Å². The molecule has 2 N–H and O–H groups in total. The van der Waals surface area contributed by atoms with Gasteiger partial charge in [-0.15, -0.1) is 0 Å². The number of benzene rings is 1. The molecule has 0 aliphatic carbocycles. The Morgan fingerprint density at radius 2 is 1.32 bits per heavy atom. The van der Waals surface area contributed by atoms with Crippen LogP contribution in [0.5, 0.6) is 11.5 Å². The van der Waals surface area contributed by atoms with Crippen LogP contribution in [0.1, 0.15) is 73.8 Å². The quantitative estimate of drug-likeness (QED) is 0.282. The van der Waals surface area contributed by atoms with Crippen molar-refractivity contribution in [3.8, 4) is 11.5 Å². The Hall–Kier alpha value is -2.94. The van der Waals surface area contributed by atoms with Crippen LogP contribution in [0.3, 0.4) is 0 Å². The molecule has 0 saturated heterocycles. The van der Waals surface area contributed by atoms with Gasteiger partial charge >= 0.3 is 23.9 Å². The molecule has 3 atom stereocenters. The molecule has 1 unspecified atom stereocenters. The first-order valence-corrected chi connectivity index (χ1v) is 12.9. The molecule has 0 spiro atoms. The molecule has 0 aromatic heterocycles. The summed E-state index contributed by atoms with van der Waals surface area (Å²) in [6, 6.07) is 3.68. The normalized spacial score (nSPS) is 13.7. The van der Waals surface area contributed by atoms with E-state index in [1.807, 2.05) is 41.5 Å². The zero-order valence-corrected chi connectivity index (χ0v) is 23.4. The fourth-order valence-electron chi connectivity index (χ4n) is 3.09. The van der Waals surface area contributed by atoms with Gasteiger partial charge in [-0.05, 0) is 48.8 Å². The molecule has 0 radical (unpaired) electrons. The van der Waals surface area contributed by atoms with E-state index in [2.05, 4.69) is 0 Å². The van der Waals surface area contributed by atoms with Crippen LogP contribution in [0.4, 0.5) is 0 Å². The van der Waals surface area contributed by atoms with E-state index < -0.39 is 30.1 Å². The Bertz CT molecular complexity index is 925. The molecule has 1 aromatic carbocycles. The van der Waals surface area contributed by atoms with E-state index in [1.54, 1.807) is 19.9 Å². The molecule has 0 amide bonds. The third-order valence-electron chi connectivity index (χ3n) is 5.51. The lowest BCUT2D eigenvalue weighted by molar-refractivity contribution is -0.162. The topological polar surface area (TPSA) is 131 Å². The van der Waals surface area contributed by atoms with Crippen LogP contribution in [0, 0.1) is 23.7 Å². The Morgan fingerprint density at radius 1 is 0.784 bits per heavy atom. The van der Waals surface area contributed by atoms with Crippen LogP contribution in [0.25, 0.3) is 0 Å². The molecule has 0 aliphatic heterocycles. The summed E-state index contributed by atoms with van der Waals surface area (Å²) in [6.45, 7) is 14.7. The first-order valence-electron chi connectivity index (χ1n) is 12.9. The number of hydrogen-bond donors (Lipinski definition) is 1. The lowest BCUT2D eigenvalue weighted by Gasteiger charge is -2.20. The zero-order chi connectivity index (χ0) is 28.3. The molecular formula is C28H43NO8. The smallest absolute Gasteiger partial charge is 0.323 e. The Balaban J connectivity index is 2.85. The second kappa shape index (κ2) is 15.3. The molecule has 1 aromatic rings. The van der Waals surface area contributed by atoms with Crippen molar-refractivity contribution in [3.05, 3.63) is 23.8 Å². The molecule has 37 heavy (non-hydrogen) atoms. The number of rotatable bonds is 14. The van der Waals surface area contributed by atoms with Crippen molar-refractivity contribution in [2.75, 3.05) is 6.61 Å². The van der Waals surface area contributed by atoms with Crippen molar-refractivity contribution in [1.82, 2.24) is 0 Å². The molecule has 0 saturated carbocycles. The van der Waals surface area contributed by atoms with Crippen molar-refractivity contribution in [2.24, 2.45) is 29.4 Å². The van der Waals surface area contributed by atoms with Crippen LogP contribution < -0.4 is 15.2 Å². The van der Waals surface area contributed by atoms with E-state index in [9.17, 15) is 19.2 Å². The van der Waals surface area contributed by atoms with Gasteiger partial charge < -0.3 is 24.7 Å². The average Bonchev–Trinajstić information content (AvgIpc) is 2.77. The van der Waals surface area contributed by atoms with Crippen molar-refractivity contribution in [2.45, 2.75) is 86.8 Å². The van der Waals surface area contributed by atoms with Gasteiger partial charge in [-0.25, -0.2) is 0 Å². The van der Waals surface area contributed by atoms with E-state index in [0.29, 0.717) is 5.56 Å². The van der Waals surface area contributed by atoms with Gasteiger partial charge in [0.05, 0.1) is 5.92 Å². The third-order valence-corrected chi connectivity index (χ3v) is 5.51. The lowest BCUT2D eigenvalue weighted by atomic mass is 9.98. The van der Waals surface area contributed by atoms with Crippen LogP contribution in [-0.2, 0) is 35.1 Å². The summed E-state index contributed by atoms with van der Waals surface area (Å²) in [5.74, 6) is -1.66. The Morgan fingerprint density at radius 3 is 1.84 bits per heavy atom. The summed E-state index contributed by atoms with van der Waals surface area (Å²) >= 11 is 0. The summed E-state index contributed by atoms with van der Waals surface area (Å²) in [4.78, 5) is 49.0. The monoisotopic (exact) mass is 521 g/mol. The van der Waals surface area contributed by atoms with E-state index in [0.717, 1.165) is 0 Å². The average molecular weight is 522 g/mol. The second-order valence-corrected chi connectivity index (χ2v) is 10.6. The van der Waals surface area contributed by atoms with Crippen LogP contribution in [-0.4, -0.2) is 42.6 Å². The van der Waals surface area contributed by atoms with Crippen molar-refractivity contribution in [1.29, 1.82) is 0 Å². The highest BCUT2D eigenvalue weighted by atomic mass is 16.6. The zero-order valence-electron chi connectivity index (χ0n) is 23.4. The first kappa shape index (κ1) is 32.1. The fourth-order valence-corrected chi connectivity index (χ4v) is 3.09. The van der Waals surface area contributed by atoms with Crippen molar-refractivity contribution < 1.29 is 38.1 Å². The first-order chi connectivity index (χ1) is 17.2. The minimum atomic E-state index is -1.01. The predicted octanol–water partition coefficient (Wildman–Crippen LogP) is 4.23. The predicted molar refractivity (Wildman–Crippen MR) is 139 cm³/mol. The van der Waals surface area contributed by atoms with Gasteiger partial charge in [0.25, 0.3) is 0 Å². The largest absolute Gasteiger partial charge is 0.461 e. The third kappa shape index (κ3) is 12.2. The van der Waals surface area contributed by atoms with Gasteiger partial charge in [-0.3, -0.25) is 19.2 Å². The number of nitrogens with two attached hydrogens (primary N) is 1. The molecule has 0 aliphatic rings. The fraction of sp³-hybridized carbons (Fsp3) is 0.643. The molecule has 0 heterocycles. The molecular weight excluding hydrogens is 478 g/mol. The van der Waals surface area contributed by atoms with Crippen LogP contribution in [0.15, 0.2) is 18.2 Å². The molecule has 0 fully saturated rings. The maximum Gasteiger partial charge on any atom is 0.323 e. The molecule has 9 nitrogen and oxygen atoms in total. The highest BCUT2D eigenvalue weighted by Crippen LogP contribution is 2.30. The molecule has 208 valence electrons. The second-order valence-electron chi connectivity index (χ2n) is 10.6. The minimum Gasteiger partial charge on any atom is -0.461 e. The summed E-state index contributed by atoms with van der Waals surface area (Å²) in [5, 5.41) is 0. The van der Waals surface area contributed by atoms with E-state index in [4.69, 9.17) is 24.7 Å². The van der Waals surface area contributed by atoms with Gasteiger partial charge in [0.2, 0.25) is 0 Å². The van der Waals surface area contributed by atoms with Gasteiger partial charge in [0.15, 0.2) is 11.5 Å². The van der Waals surface area contributed by atoms with Gasteiger partial charge in [-0.1, -0.05) is 54.5 Å². The number of esters is 4. The van der Waals surface area contributed by atoms with E-state index in [-0.39, 0.29) is 67.0 Å². The van der Waals surface area contributed by atoms with Crippen LogP contribution in [0.2, 0.25) is 0 Å². The SMILES string of the molecule is CC(C)CC(=O)Oc1ccc(C[C@H](N)C(=O)OC[C@H](C)OC(=O)C(C)C(C)C)cc1OC(=O)CC(C)C. The lowest BCUT2D eigenvalue weighted by Crippen LogP contribution is -2.36. The molecule has 1 rings (SSSR count). The minimum absolute atomic E-state index is 0.0839. The summed E-state index contributed by atoms with van der Waals surface area (Å²) in [7, 11) is 0. The van der Waals surface area contributed by atoms with Crippen LogP contribution >= 0.6 is 0 Å². The highest BCUT2D eigenvalue weighted by Gasteiger charge is 2.23. The highest BCUT2D eigenvalue weighted by molar-refractivity contribution is 5.77. The van der Waals surface area contributed by atoms with Gasteiger partial charge in [0.1, 0.15) is 18.8 Å². The van der Waals surface area contributed by atoms with E-state index >= 15 is 0 Å². The summed E-state index contributed by atoms with van der Waals surface area (Å²) in [6.07, 6.45) is -0.126. The number of ether oxygens (including phenoxy) is 4. The summed E-state index contributed by atoms with van der Waals surface area (Å²) in [5.41, 5.74) is 6.63. The number of hydrogen-bond acceptors (Lipinski definition) is 9. The van der Waals surface area contributed by atoms with Crippen molar-refractivity contribution in [3.63, 3.8) is 0 Å². The maximum atomic E-state index is 12.4. The summed E-state index contributed by atoms with van der Waals surface area (Å²) < 4.78 is 21.5. The Kier molecular flexibility index (Phi) is 13.3. The van der Waals surface area contributed by atoms with Gasteiger partial charge in [0, 0.05) is 12.8 Å². The molecule has 0 bridgehead atoms. The van der Waals surface area contributed by atoms with E-state index in [1.165, 1.54) is 12.1 Å². The molecule has 9 heteroatoms.